The van der Waals surface area contributed by atoms with E-state index in [0.717, 1.165) is 12.6 Å². The third kappa shape index (κ3) is 3.53. The van der Waals surface area contributed by atoms with Gasteiger partial charge in [0.25, 0.3) is 5.91 Å². The Morgan fingerprint density at radius 1 is 1.38 bits per heavy atom. The lowest BCUT2D eigenvalue weighted by Crippen LogP contribution is -2.28. The van der Waals surface area contributed by atoms with Crippen LogP contribution in [0.4, 0.5) is 16.0 Å². The number of anilines is 2. The third-order valence-corrected chi connectivity index (χ3v) is 2.92. The first-order chi connectivity index (χ1) is 10.1. The van der Waals surface area contributed by atoms with Crippen molar-refractivity contribution in [2.75, 3.05) is 23.8 Å². The van der Waals surface area contributed by atoms with Gasteiger partial charge < -0.3 is 5.32 Å². The van der Waals surface area contributed by atoms with Crippen molar-refractivity contribution in [3.63, 3.8) is 0 Å². The quantitative estimate of drug-likeness (QED) is 0.919. The van der Waals surface area contributed by atoms with Crippen molar-refractivity contribution in [2.24, 2.45) is 0 Å². The maximum absolute atomic E-state index is 13.4. The molecule has 21 heavy (non-hydrogen) atoms. The fourth-order valence-corrected chi connectivity index (χ4v) is 1.82. The standard InChI is InChI=1S/C15H17FN4O/c1-3-7-18-14-12(9-11(16)10-19-14)15(21)20(2)13-6-4-5-8-17-13/h4-6,8-10H,3,7H2,1-2H3,(H,18,19). The average Bonchev–Trinajstić information content (AvgIpc) is 2.53. The molecule has 5 nitrogen and oxygen atoms in total. The largest absolute Gasteiger partial charge is 0.369 e. The number of carbonyl (C=O) groups is 1. The number of aromatic nitrogens is 2. The summed E-state index contributed by atoms with van der Waals surface area (Å²) in [5.74, 6) is -0.0339. The smallest absolute Gasteiger partial charge is 0.263 e. The fourth-order valence-electron chi connectivity index (χ4n) is 1.82. The van der Waals surface area contributed by atoms with Crippen molar-refractivity contribution in [3.8, 4) is 0 Å². The minimum Gasteiger partial charge on any atom is -0.369 e. The first-order valence-corrected chi connectivity index (χ1v) is 6.72. The molecule has 1 N–H and O–H groups in total. The van der Waals surface area contributed by atoms with E-state index < -0.39 is 5.82 Å². The first kappa shape index (κ1) is 14.9. The van der Waals surface area contributed by atoms with E-state index in [2.05, 4.69) is 15.3 Å². The third-order valence-electron chi connectivity index (χ3n) is 2.92. The lowest BCUT2D eigenvalue weighted by atomic mass is 10.2. The molecule has 2 heterocycles. The number of nitrogens with zero attached hydrogens (tertiary/aromatic N) is 3. The van der Waals surface area contributed by atoms with E-state index in [1.807, 2.05) is 6.92 Å². The Hall–Kier alpha value is -2.50. The molecule has 0 atom stereocenters. The Balaban J connectivity index is 2.31. The molecular formula is C15H17FN4O. The summed E-state index contributed by atoms with van der Waals surface area (Å²) >= 11 is 0. The van der Waals surface area contributed by atoms with E-state index in [-0.39, 0.29) is 11.5 Å². The second kappa shape index (κ2) is 6.78. The summed E-state index contributed by atoms with van der Waals surface area (Å²) < 4.78 is 13.4. The summed E-state index contributed by atoms with van der Waals surface area (Å²) in [7, 11) is 1.60. The van der Waals surface area contributed by atoms with Gasteiger partial charge in [-0.05, 0) is 24.6 Å². The van der Waals surface area contributed by atoms with Gasteiger partial charge in [0.05, 0.1) is 11.8 Å². The average molecular weight is 288 g/mol. The molecule has 0 saturated heterocycles. The summed E-state index contributed by atoms with van der Waals surface area (Å²) in [4.78, 5) is 22.0. The summed E-state index contributed by atoms with van der Waals surface area (Å²) in [6, 6.07) is 6.45. The van der Waals surface area contributed by atoms with E-state index >= 15 is 0 Å². The predicted octanol–water partition coefficient (Wildman–Crippen LogP) is 2.71. The molecule has 1 amide bonds. The lowest BCUT2D eigenvalue weighted by Gasteiger charge is -2.18. The van der Waals surface area contributed by atoms with Crippen molar-refractivity contribution >= 4 is 17.5 Å². The molecule has 2 aromatic rings. The van der Waals surface area contributed by atoms with Crippen LogP contribution in [0.2, 0.25) is 0 Å². The topological polar surface area (TPSA) is 58.1 Å². The normalized spacial score (nSPS) is 10.2. The minimum atomic E-state index is -0.546. The van der Waals surface area contributed by atoms with Crippen LogP contribution in [0.25, 0.3) is 0 Å². The lowest BCUT2D eigenvalue weighted by molar-refractivity contribution is 0.0992. The van der Waals surface area contributed by atoms with Crippen LogP contribution in [0.1, 0.15) is 23.7 Å². The van der Waals surface area contributed by atoms with Gasteiger partial charge in [0.2, 0.25) is 0 Å². The van der Waals surface area contributed by atoms with Gasteiger partial charge in [-0.2, -0.15) is 0 Å². The molecule has 0 fully saturated rings. The molecular weight excluding hydrogens is 271 g/mol. The summed E-state index contributed by atoms with van der Waals surface area (Å²) in [5.41, 5.74) is 0.191. The number of hydrogen-bond acceptors (Lipinski definition) is 4. The van der Waals surface area contributed by atoms with Crippen LogP contribution in [-0.2, 0) is 0 Å². The Kier molecular flexibility index (Phi) is 4.81. The summed E-state index contributed by atoms with van der Waals surface area (Å²) in [5, 5.41) is 3.03. The van der Waals surface area contributed by atoms with E-state index in [1.165, 1.54) is 11.0 Å². The van der Waals surface area contributed by atoms with Crippen molar-refractivity contribution in [2.45, 2.75) is 13.3 Å². The molecule has 2 aromatic heterocycles. The van der Waals surface area contributed by atoms with Gasteiger partial charge in [0.15, 0.2) is 0 Å². The molecule has 0 radical (unpaired) electrons. The van der Waals surface area contributed by atoms with Crippen molar-refractivity contribution in [1.29, 1.82) is 0 Å². The molecule has 0 aliphatic rings. The maximum atomic E-state index is 13.4. The van der Waals surface area contributed by atoms with Crippen LogP contribution in [-0.4, -0.2) is 29.5 Å². The van der Waals surface area contributed by atoms with Crippen LogP contribution < -0.4 is 10.2 Å². The Bertz CT molecular complexity index is 618. The molecule has 2 rings (SSSR count). The minimum absolute atomic E-state index is 0.191. The van der Waals surface area contributed by atoms with Crippen LogP contribution in [0.15, 0.2) is 36.7 Å². The Labute approximate surface area is 122 Å². The highest BCUT2D eigenvalue weighted by Crippen LogP contribution is 2.18. The number of hydrogen-bond donors (Lipinski definition) is 1. The van der Waals surface area contributed by atoms with E-state index in [4.69, 9.17) is 0 Å². The molecule has 0 aromatic carbocycles. The van der Waals surface area contributed by atoms with Crippen LogP contribution in [0, 0.1) is 5.82 Å². The molecule has 0 spiro atoms. The number of pyridine rings is 2. The zero-order chi connectivity index (χ0) is 15.2. The zero-order valence-corrected chi connectivity index (χ0v) is 12.0. The summed E-state index contributed by atoms with van der Waals surface area (Å²) in [6.45, 7) is 2.66. The van der Waals surface area contributed by atoms with E-state index in [9.17, 15) is 9.18 Å². The van der Waals surface area contributed by atoms with Gasteiger partial charge in [-0.25, -0.2) is 14.4 Å². The second-order valence-corrected chi connectivity index (χ2v) is 4.53. The van der Waals surface area contributed by atoms with Gasteiger partial charge in [-0.3, -0.25) is 9.69 Å². The van der Waals surface area contributed by atoms with E-state index in [0.29, 0.717) is 18.2 Å². The van der Waals surface area contributed by atoms with Gasteiger partial charge in [-0.15, -0.1) is 0 Å². The van der Waals surface area contributed by atoms with Gasteiger partial charge >= 0.3 is 0 Å². The van der Waals surface area contributed by atoms with Crippen molar-refractivity contribution in [3.05, 3.63) is 48.0 Å². The monoisotopic (exact) mass is 288 g/mol. The van der Waals surface area contributed by atoms with Crippen molar-refractivity contribution in [1.82, 2.24) is 9.97 Å². The molecule has 0 unspecified atom stereocenters. The highest BCUT2D eigenvalue weighted by Gasteiger charge is 2.19. The number of amides is 1. The zero-order valence-electron chi connectivity index (χ0n) is 12.0. The second-order valence-electron chi connectivity index (χ2n) is 4.53. The molecule has 6 heteroatoms. The van der Waals surface area contributed by atoms with E-state index in [1.54, 1.807) is 31.4 Å². The molecule has 0 bridgehead atoms. The first-order valence-electron chi connectivity index (χ1n) is 6.72. The highest BCUT2D eigenvalue weighted by molar-refractivity contribution is 6.08. The van der Waals surface area contributed by atoms with Gasteiger partial charge in [0, 0.05) is 19.8 Å². The Morgan fingerprint density at radius 2 is 2.19 bits per heavy atom. The van der Waals surface area contributed by atoms with Crippen LogP contribution >= 0.6 is 0 Å². The van der Waals surface area contributed by atoms with Gasteiger partial charge in [-0.1, -0.05) is 13.0 Å². The Morgan fingerprint density at radius 3 is 2.86 bits per heavy atom. The number of nitrogens with one attached hydrogen (secondary N) is 1. The fraction of sp³-hybridized carbons (Fsp3) is 0.267. The van der Waals surface area contributed by atoms with Crippen LogP contribution in [0.5, 0.6) is 0 Å². The summed E-state index contributed by atoms with van der Waals surface area (Å²) in [6.07, 6.45) is 3.57. The molecule has 0 saturated carbocycles. The van der Waals surface area contributed by atoms with Crippen LogP contribution in [0.3, 0.4) is 0 Å². The predicted molar refractivity (Wildman–Crippen MR) is 79.9 cm³/mol. The number of carbonyl (C=O) groups excluding carboxylic acids is 1. The number of rotatable bonds is 5. The van der Waals surface area contributed by atoms with Gasteiger partial charge in [0.1, 0.15) is 17.5 Å². The number of halogens is 1. The highest BCUT2D eigenvalue weighted by atomic mass is 19.1. The molecule has 110 valence electrons. The van der Waals surface area contributed by atoms with Crippen molar-refractivity contribution < 1.29 is 9.18 Å². The SMILES string of the molecule is CCCNc1ncc(F)cc1C(=O)N(C)c1ccccn1. The maximum Gasteiger partial charge on any atom is 0.263 e. The molecule has 0 aliphatic carbocycles. The molecule has 0 aliphatic heterocycles.